The lowest BCUT2D eigenvalue weighted by Crippen LogP contribution is -2.42. The predicted molar refractivity (Wildman–Crippen MR) is 91.2 cm³/mol. The van der Waals surface area contributed by atoms with E-state index >= 15 is 0 Å². The van der Waals surface area contributed by atoms with Gasteiger partial charge in [-0.25, -0.2) is 21.6 Å². The van der Waals surface area contributed by atoms with E-state index < -0.39 is 32.0 Å². The zero-order valence-electron chi connectivity index (χ0n) is 13.9. The highest BCUT2D eigenvalue weighted by molar-refractivity contribution is 7.91. The van der Waals surface area contributed by atoms with Gasteiger partial charge in [-0.2, -0.15) is 0 Å². The van der Waals surface area contributed by atoms with Crippen LogP contribution in [-0.4, -0.2) is 72.9 Å². The van der Waals surface area contributed by atoms with Gasteiger partial charge in [-0.3, -0.25) is 0 Å². The summed E-state index contributed by atoms with van der Waals surface area (Å²) in [6, 6.07) is 3.76. The van der Waals surface area contributed by atoms with Gasteiger partial charge < -0.3 is 19.9 Å². The normalized spacial score (nSPS) is 22.7. The molecule has 1 saturated heterocycles. The molecule has 2 atom stereocenters. The second-order valence-electron chi connectivity index (χ2n) is 5.62. The SMILES string of the molecule is COc1ccc(S(=O)(=O)NCCN[C@@H]2CS(=O)(=O)C[C@@H]2O)c(OC)c1. The summed E-state index contributed by atoms with van der Waals surface area (Å²) in [5.41, 5.74) is 0. The predicted octanol–water partition coefficient (Wildman–Crippen LogP) is -1.27. The smallest absolute Gasteiger partial charge is 0.244 e. The average molecular weight is 394 g/mol. The molecule has 0 aliphatic carbocycles. The Morgan fingerprint density at radius 2 is 1.92 bits per heavy atom. The van der Waals surface area contributed by atoms with Gasteiger partial charge in [0.25, 0.3) is 0 Å². The third kappa shape index (κ3) is 5.05. The Morgan fingerprint density at radius 1 is 1.20 bits per heavy atom. The lowest BCUT2D eigenvalue weighted by atomic mass is 10.2. The molecular weight excluding hydrogens is 372 g/mol. The van der Waals surface area contributed by atoms with E-state index in [1.54, 1.807) is 0 Å². The first kappa shape index (κ1) is 19.9. The molecule has 0 radical (unpaired) electrons. The average Bonchev–Trinajstić information content (AvgIpc) is 2.82. The summed E-state index contributed by atoms with van der Waals surface area (Å²) < 4.78 is 60.1. The molecule has 1 aromatic rings. The van der Waals surface area contributed by atoms with Crippen LogP contribution in [-0.2, 0) is 19.9 Å². The Morgan fingerprint density at radius 3 is 2.48 bits per heavy atom. The highest BCUT2D eigenvalue weighted by Gasteiger charge is 2.35. The number of rotatable bonds is 8. The lowest BCUT2D eigenvalue weighted by molar-refractivity contribution is 0.166. The largest absolute Gasteiger partial charge is 0.497 e. The molecule has 142 valence electrons. The van der Waals surface area contributed by atoms with Crippen molar-refractivity contribution in [1.82, 2.24) is 10.0 Å². The van der Waals surface area contributed by atoms with Crippen molar-refractivity contribution in [2.24, 2.45) is 0 Å². The maximum absolute atomic E-state index is 12.4. The van der Waals surface area contributed by atoms with Crippen molar-refractivity contribution >= 4 is 19.9 Å². The van der Waals surface area contributed by atoms with E-state index in [1.807, 2.05) is 0 Å². The molecule has 11 heteroatoms. The van der Waals surface area contributed by atoms with Gasteiger partial charge in [-0.05, 0) is 12.1 Å². The number of aliphatic hydroxyl groups is 1. The van der Waals surface area contributed by atoms with E-state index in [0.717, 1.165) is 0 Å². The van der Waals surface area contributed by atoms with Gasteiger partial charge in [-0.15, -0.1) is 0 Å². The summed E-state index contributed by atoms with van der Waals surface area (Å²) in [6.07, 6.45) is -0.983. The summed E-state index contributed by atoms with van der Waals surface area (Å²) in [5, 5.41) is 12.5. The maximum atomic E-state index is 12.4. The summed E-state index contributed by atoms with van der Waals surface area (Å²) in [6.45, 7) is 0.204. The molecule has 1 aliphatic rings. The molecule has 0 bridgehead atoms. The highest BCUT2D eigenvalue weighted by Crippen LogP contribution is 2.28. The number of hydrogen-bond acceptors (Lipinski definition) is 8. The van der Waals surface area contributed by atoms with Gasteiger partial charge in [-0.1, -0.05) is 0 Å². The van der Waals surface area contributed by atoms with Crippen LogP contribution in [0, 0.1) is 0 Å². The van der Waals surface area contributed by atoms with E-state index in [0.29, 0.717) is 5.75 Å². The van der Waals surface area contributed by atoms with Crippen LogP contribution in [0.15, 0.2) is 23.1 Å². The molecule has 3 N–H and O–H groups in total. The molecule has 1 aliphatic heterocycles. The highest BCUT2D eigenvalue weighted by atomic mass is 32.2. The van der Waals surface area contributed by atoms with Crippen molar-refractivity contribution in [3.05, 3.63) is 18.2 Å². The van der Waals surface area contributed by atoms with Crippen LogP contribution in [0.4, 0.5) is 0 Å². The number of methoxy groups -OCH3 is 2. The van der Waals surface area contributed by atoms with Crippen LogP contribution in [0.25, 0.3) is 0 Å². The zero-order valence-corrected chi connectivity index (χ0v) is 15.6. The number of nitrogens with one attached hydrogen (secondary N) is 2. The van der Waals surface area contributed by atoms with Gasteiger partial charge in [0, 0.05) is 25.2 Å². The third-order valence-electron chi connectivity index (χ3n) is 3.81. The second kappa shape index (κ2) is 7.87. The molecule has 1 aromatic carbocycles. The van der Waals surface area contributed by atoms with Crippen LogP contribution in [0.2, 0.25) is 0 Å². The molecule has 0 saturated carbocycles. The molecule has 1 heterocycles. The minimum absolute atomic E-state index is 0.0284. The number of aliphatic hydroxyl groups excluding tert-OH is 1. The molecule has 2 rings (SSSR count). The quantitative estimate of drug-likeness (QED) is 0.465. The first-order valence-electron chi connectivity index (χ1n) is 7.52. The monoisotopic (exact) mass is 394 g/mol. The number of sulfone groups is 1. The fourth-order valence-electron chi connectivity index (χ4n) is 2.54. The first-order valence-corrected chi connectivity index (χ1v) is 10.8. The van der Waals surface area contributed by atoms with E-state index in [4.69, 9.17) is 9.47 Å². The Kier molecular flexibility index (Phi) is 6.27. The van der Waals surface area contributed by atoms with Crippen LogP contribution in [0.1, 0.15) is 0 Å². The van der Waals surface area contributed by atoms with E-state index in [2.05, 4.69) is 10.0 Å². The Balaban J connectivity index is 1.94. The van der Waals surface area contributed by atoms with Crippen LogP contribution >= 0.6 is 0 Å². The van der Waals surface area contributed by atoms with Gasteiger partial charge >= 0.3 is 0 Å². The van der Waals surface area contributed by atoms with Crippen molar-refractivity contribution in [2.75, 3.05) is 38.8 Å². The molecule has 0 amide bonds. The minimum Gasteiger partial charge on any atom is -0.497 e. The van der Waals surface area contributed by atoms with Crippen LogP contribution in [0.3, 0.4) is 0 Å². The number of sulfonamides is 1. The molecule has 1 fully saturated rings. The number of hydrogen-bond donors (Lipinski definition) is 3. The molecule has 0 unspecified atom stereocenters. The minimum atomic E-state index is -3.81. The van der Waals surface area contributed by atoms with Crippen molar-refractivity contribution in [1.29, 1.82) is 0 Å². The Labute approximate surface area is 147 Å². The number of ether oxygens (including phenoxy) is 2. The zero-order chi connectivity index (χ0) is 18.7. The van der Waals surface area contributed by atoms with Gasteiger partial charge in [0.2, 0.25) is 10.0 Å². The van der Waals surface area contributed by atoms with E-state index in [1.165, 1.54) is 32.4 Å². The number of benzene rings is 1. The topological polar surface area (TPSA) is 131 Å². The third-order valence-corrected chi connectivity index (χ3v) is 7.02. The molecule has 0 spiro atoms. The van der Waals surface area contributed by atoms with Crippen molar-refractivity contribution < 1.29 is 31.4 Å². The summed E-state index contributed by atoms with van der Waals surface area (Å²) >= 11 is 0. The maximum Gasteiger partial charge on any atom is 0.244 e. The van der Waals surface area contributed by atoms with Crippen LogP contribution < -0.4 is 19.5 Å². The molecular formula is C14H22N2O7S2. The molecule has 25 heavy (non-hydrogen) atoms. The Bertz CT molecular complexity index is 808. The van der Waals surface area contributed by atoms with Crippen molar-refractivity contribution in [3.8, 4) is 11.5 Å². The van der Waals surface area contributed by atoms with Crippen molar-refractivity contribution in [2.45, 2.75) is 17.0 Å². The lowest BCUT2D eigenvalue weighted by Gasteiger charge is -2.16. The van der Waals surface area contributed by atoms with E-state index in [-0.39, 0.29) is 35.2 Å². The summed E-state index contributed by atoms with van der Waals surface area (Å²) in [4.78, 5) is -0.0284. The molecule has 0 aromatic heterocycles. The molecule has 9 nitrogen and oxygen atoms in total. The van der Waals surface area contributed by atoms with Gasteiger partial charge in [0.1, 0.15) is 16.4 Å². The fraction of sp³-hybridized carbons (Fsp3) is 0.571. The first-order chi connectivity index (χ1) is 11.7. The van der Waals surface area contributed by atoms with Gasteiger partial charge in [0.05, 0.1) is 31.8 Å². The fourth-order valence-corrected chi connectivity index (χ4v) is 5.50. The summed E-state index contributed by atoms with van der Waals surface area (Å²) in [7, 11) is -4.24. The van der Waals surface area contributed by atoms with Gasteiger partial charge in [0.15, 0.2) is 9.84 Å². The van der Waals surface area contributed by atoms with Crippen molar-refractivity contribution in [3.63, 3.8) is 0 Å². The second-order valence-corrected chi connectivity index (χ2v) is 9.51. The standard InChI is InChI=1S/C14H22N2O7S2/c1-22-10-3-4-14(13(7-10)23-2)25(20,21)16-6-5-15-11-8-24(18,19)9-12(11)17/h3-4,7,11-12,15-17H,5-6,8-9H2,1-2H3/t11-,12+/m1/s1. The Hall–Kier alpha value is -1.40. The van der Waals surface area contributed by atoms with Crippen LogP contribution in [0.5, 0.6) is 11.5 Å². The van der Waals surface area contributed by atoms with E-state index in [9.17, 15) is 21.9 Å². The summed E-state index contributed by atoms with van der Waals surface area (Å²) in [5.74, 6) is 0.179.